The normalized spacial score (nSPS) is 20.4. The van der Waals surface area contributed by atoms with Gasteiger partial charge >= 0.3 is 0 Å². The average Bonchev–Trinajstić information content (AvgIpc) is 3.41. The smallest absolute Gasteiger partial charge is 0.224 e. The number of aryl methyl sites for hydroxylation is 1. The first-order valence-electron chi connectivity index (χ1n) is 10.1. The first-order valence-corrected chi connectivity index (χ1v) is 10.1. The van der Waals surface area contributed by atoms with Gasteiger partial charge in [0.15, 0.2) is 0 Å². The van der Waals surface area contributed by atoms with Gasteiger partial charge < -0.3 is 18.9 Å². The first-order chi connectivity index (χ1) is 14.3. The zero-order chi connectivity index (χ0) is 19.6. The summed E-state index contributed by atoms with van der Waals surface area (Å²) in [5, 5.41) is 9.12. The number of nitrogens with zero attached hydrogens (tertiary/aromatic N) is 7. The summed E-state index contributed by atoms with van der Waals surface area (Å²) in [7, 11) is 1.99. The predicted octanol–water partition coefficient (Wildman–Crippen LogP) is 1.25. The van der Waals surface area contributed by atoms with Crippen LogP contribution in [0.4, 0.5) is 5.69 Å². The number of fused-ring (bicyclic) bond motifs is 1. The van der Waals surface area contributed by atoms with E-state index in [2.05, 4.69) is 48.2 Å². The van der Waals surface area contributed by atoms with Crippen LogP contribution in [0.25, 0.3) is 10.9 Å². The topological polar surface area (TPSA) is 81.4 Å². The third-order valence-corrected chi connectivity index (χ3v) is 5.66. The van der Waals surface area contributed by atoms with E-state index in [4.69, 9.17) is 9.47 Å². The highest BCUT2D eigenvalue weighted by Crippen LogP contribution is 2.29. The summed E-state index contributed by atoms with van der Waals surface area (Å²) in [6, 6.07) is 6.34. The van der Waals surface area contributed by atoms with Crippen LogP contribution in [-0.4, -0.2) is 75.1 Å². The van der Waals surface area contributed by atoms with Gasteiger partial charge in [-0.25, -0.2) is 9.97 Å². The van der Waals surface area contributed by atoms with Crippen LogP contribution >= 0.6 is 0 Å². The lowest BCUT2D eigenvalue weighted by Gasteiger charge is -2.35. The van der Waals surface area contributed by atoms with Gasteiger partial charge in [-0.05, 0) is 18.2 Å². The molecular formula is C20H25N7O2. The molecule has 29 heavy (non-hydrogen) atoms. The van der Waals surface area contributed by atoms with Crippen molar-refractivity contribution in [2.24, 2.45) is 7.05 Å². The molecule has 9 heteroatoms. The van der Waals surface area contributed by atoms with Crippen molar-refractivity contribution in [3.05, 3.63) is 36.7 Å². The molecule has 1 unspecified atom stereocenters. The summed E-state index contributed by atoms with van der Waals surface area (Å²) in [5.41, 5.74) is 2.08. The number of ether oxygens (including phenoxy) is 2. The SMILES string of the molecule is Cn1cnnc1CN1CCN(c2ccc3ncnc(OC4CCOC4)c3c2)CC1. The summed E-state index contributed by atoms with van der Waals surface area (Å²) >= 11 is 0. The minimum Gasteiger partial charge on any atom is -0.471 e. The molecule has 0 bridgehead atoms. The number of hydrogen-bond acceptors (Lipinski definition) is 8. The lowest BCUT2D eigenvalue weighted by molar-refractivity contribution is 0.139. The molecule has 2 aliphatic rings. The summed E-state index contributed by atoms with van der Waals surface area (Å²) in [4.78, 5) is 13.6. The van der Waals surface area contributed by atoms with Gasteiger partial charge in [0.2, 0.25) is 5.88 Å². The van der Waals surface area contributed by atoms with E-state index in [1.807, 2.05) is 11.6 Å². The van der Waals surface area contributed by atoms with E-state index in [1.54, 1.807) is 12.7 Å². The average molecular weight is 395 g/mol. The molecule has 0 radical (unpaired) electrons. The molecule has 9 nitrogen and oxygen atoms in total. The standard InChI is InChI=1S/C20H25N7O2/c1-25-14-23-24-19(25)11-26-5-7-27(8-6-26)15-2-3-18-17(10-15)20(22-13-21-18)29-16-4-9-28-12-16/h2-3,10,13-14,16H,4-9,11-12H2,1H3. The fourth-order valence-corrected chi connectivity index (χ4v) is 3.89. The Kier molecular flexibility index (Phi) is 4.99. The van der Waals surface area contributed by atoms with Gasteiger partial charge in [0.1, 0.15) is 24.6 Å². The minimum absolute atomic E-state index is 0.0703. The number of aromatic nitrogens is 5. The maximum absolute atomic E-state index is 6.10. The van der Waals surface area contributed by atoms with Gasteiger partial charge in [0.05, 0.1) is 30.7 Å². The van der Waals surface area contributed by atoms with E-state index in [0.29, 0.717) is 12.5 Å². The Balaban J connectivity index is 1.29. The van der Waals surface area contributed by atoms with Crippen molar-refractivity contribution in [3.63, 3.8) is 0 Å². The van der Waals surface area contributed by atoms with Gasteiger partial charge in [-0.2, -0.15) is 0 Å². The fraction of sp³-hybridized carbons (Fsp3) is 0.500. The summed E-state index contributed by atoms with van der Waals surface area (Å²) in [6.45, 7) is 6.10. The zero-order valence-corrected chi connectivity index (χ0v) is 16.6. The van der Waals surface area contributed by atoms with Crippen molar-refractivity contribution in [3.8, 4) is 5.88 Å². The van der Waals surface area contributed by atoms with E-state index >= 15 is 0 Å². The van der Waals surface area contributed by atoms with E-state index < -0.39 is 0 Å². The lowest BCUT2D eigenvalue weighted by Crippen LogP contribution is -2.46. The highest BCUT2D eigenvalue weighted by atomic mass is 16.5. The van der Waals surface area contributed by atoms with E-state index in [0.717, 1.165) is 62.5 Å². The summed E-state index contributed by atoms with van der Waals surface area (Å²) < 4.78 is 13.5. The Labute approximate surface area is 169 Å². The third-order valence-electron chi connectivity index (χ3n) is 5.66. The molecule has 2 fully saturated rings. The van der Waals surface area contributed by atoms with Gasteiger partial charge in [0.25, 0.3) is 0 Å². The third kappa shape index (κ3) is 3.88. The quantitative estimate of drug-likeness (QED) is 0.639. The number of hydrogen-bond donors (Lipinski definition) is 0. The second-order valence-electron chi connectivity index (χ2n) is 7.60. The van der Waals surface area contributed by atoms with Gasteiger partial charge in [0, 0.05) is 45.3 Å². The van der Waals surface area contributed by atoms with Crippen LogP contribution in [-0.2, 0) is 18.3 Å². The van der Waals surface area contributed by atoms with E-state index in [1.165, 1.54) is 5.69 Å². The fourth-order valence-electron chi connectivity index (χ4n) is 3.89. The Hall–Kier alpha value is -2.78. The van der Waals surface area contributed by atoms with Crippen LogP contribution in [0.1, 0.15) is 12.2 Å². The van der Waals surface area contributed by atoms with Crippen LogP contribution in [0.3, 0.4) is 0 Å². The van der Waals surface area contributed by atoms with Crippen molar-refractivity contribution < 1.29 is 9.47 Å². The molecular weight excluding hydrogens is 370 g/mol. The molecule has 3 aromatic rings. The molecule has 1 aromatic carbocycles. The monoisotopic (exact) mass is 395 g/mol. The molecule has 0 saturated carbocycles. The van der Waals surface area contributed by atoms with Crippen molar-refractivity contribution in [2.45, 2.75) is 19.1 Å². The minimum atomic E-state index is 0.0703. The summed E-state index contributed by atoms with van der Waals surface area (Å²) in [6.07, 6.45) is 4.29. The van der Waals surface area contributed by atoms with E-state index in [-0.39, 0.29) is 6.10 Å². The zero-order valence-electron chi connectivity index (χ0n) is 16.6. The van der Waals surface area contributed by atoms with Crippen molar-refractivity contribution in [1.82, 2.24) is 29.6 Å². The molecule has 0 N–H and O–H groups in total. The lowest BCUT2D eigenvalue weighted by atomic mass is 10.2. The van der Waals surface area contributed by atoms with Crippen molar-refractivity contribution >= 4 is 16.6 Å². The first kappa shape index (κ1) is 18.3. The van der Waals surface area contributed by atoms with Crippen molar-refractivity contribution in [2.75, 3.05) is 44.3 Å². The van der Waals surface area contributed by atoms with Gasteiger partial charge in [-0.3, -0.25) is 4.90 Å². The molecule has 2 aromatic heterocycles. The summed E-state index contributed by atoms with van der Waals surface area (Å²) in [5.74, 6) is 1.65. The predicted molar refractivity (Wildman–Crippen MR) is 108 cm³/mol. The molecule has 2 aliphatic heterocycles. The Morgan fingerprint density at radius 1 is 1.17 bits per heavy atom. The van der Waals surface area contributed by atoms with Crippen molar-refractivity contribution in [1.29, 1.82) is 0 Å². The van der Waals surface area contributed by atoms with Crippen LogP contribution < -0.4 is 9.64 Å². The largest absolute Gasteiger partial charge is 0.471 e. The molecule has 0 amide bonds. The Bertz CT molecular complexity index is 978. The van der Waals surface area contributed by atoms with Crippen LogP contribution in [0.2, 0.25) is 0 Å². The second-order valence-corrected chi connectivity index (χ2v) is 7.60. The van der Waals surface area contributed by atoms with Crippen LogP contribution in [0.5, 0.6) is 5.88 Å². The number of piperazine rings is 1. The maximum atomic E-state index is 6.10. The molecule has 152 valence electrons. The Morgan fingerprint density at radius 3 is 2.83 bits per heavy atom. The molecule has 0 aliphatic carbocycles. The number of anilines is 1. The van der Waals surface area contributed by atoms with E-state index in [9.17, 15) is 0 Å². The molecule has 0 spiro atoms. The molecule has 4 heterocycles. The second kappa shape index (κ2) is 7.92. The van der Waals surface area contributed by atoms with Crippen LogP contribution in [0, 0.1) is 0 Å². The van der Waals surface area contributed by atoms with Crippen LogP contribution in [0.15, 0.2) is 30.9 Å². The molecule has 2 saturated heterocycles. The highest BCUT2D eigenvalue weighted by Gasteiger charge is 2.21. The van der Waals surface area contributed by atoms with Gasteiger partial charge in [-0.1, -0.05) is 0 Å². The Morgan fingerprint density at radius 2 is 2.07 bits per heavy atom. The number of benzene rings is 1. The number of rotatable bonds is 5. The highest BCUT2D eigenvalue weighted by molar-refractivity contribution is 5.86. The van der Waals surface area contributed by atoms with Gasteiger partial charge in [-0.15, -0.1) is 10.2 Å². The molecule has 5 rings (SSSR count). The maximum Gasteiger partial charge on any atom is 0.224 e. The molecule has 1 atom stereocenters.